The van der Waals surface area contributed by atoms with Gasteiger partial charge in [0.05, 0.1) is 0 Å². The first-order valence-electron chi connectivity index (χ1n) is 7.07. The molecule has 0 spiro atoms. The van der Waals surface area contributed by atoms with Crippen molar-refractivity contribution in [2.24, 2.45) is 0 Å². The predicted molar refractivity (Wildman–Crippen MR) is 74.5 cm³/mol. The van der Waals surface area contributed by atoms with E-state index >= 15 is 0 Å². The average Bonchev–Trinajstić information content (AvgIpc) is 2.36. The van der Waals surface area contributed by atoms with Gasteiger partial charge in [0.15, 0.2) is 0 Å². The summed E-state index contributed by atoms with van der Waals surface area (Å²) in [6, 6.07) is 4.38. The molecule has 3 nitrogen and oxygen atoms in total. The lowest BCUT2D eigenvalue weighted by Crippen LogP contribution is -2.49. The van der Waals surface area contributed by atoms with Crippen molar-refractivity contribution in [3.05, 3.63) is 18.2 Å². The highest BCUT2D eigenvalue weighted by Crippen LogP contribution is 2.34. The van der Waals surface area contributed by atoms with Crippen molar-refractivity contribution in [1.82, 2.24) is 4.98 Å². The molecule has 6 heteroatoms. The van der Waals surface area contributed by atoms with E-state index < -0.39 is 17.8 Å². The molecule has 1 aromatic rings. The van der Waals surface area contributed by atoms with Gasteiger partial charge < -0.3 is 9.64 Å². The molecule has 1 unspecified atom stereocenters. The number of hydrogen-bond donors (Lipinski definition) is 0. The van der Waals surface area contributed by atoms with Crippen LogP contribution in [0.25, 0.3) is 0 Å². The monoisotopic (exact) mass is 301 g/mol. The Hall–Kier alpha value is -1.46. The fourth-order valence-corrected chi connectivity index (χ4v) is 2.42. The molecule has 0 saturated carbocycles. The predicted octanol–water partition coefficient (Wildman–Crippen LogP) is 3.98. The highest BCUT2D eigenvalue weighted by atomic mass is 19.4. The molecule has 1 aliphatic rings. The summed E-state index contributed by atoms with van der Waals surface area (Å²) in [6.07, 6.45) is -2.82. The minimum absolute atomic E-state index is 0.107. The van der Waals surface area contributed by atoms with Crippen LogP contribution in [-0.4, -0.2) is 29.3 Å². The van der Waals surface area contributed by atoms with Gasteiger partial charge in [-0.2, -0.15) is 18.2 Å². The van der Waals surface area contributed by atoms with Crippen molar-refractivity contribution < 1.29 is 17.9 Å². The fraction of sp³-hybridized carbons (Fsp3) is 0.667. The molecule has 1 radical (unpaired) electrons. The Morgan fingerprint density at radius 2 is 1.95 bits per heavy atom. The standard InChI is InChI=1S/C15H20F3N2O/c1-14(2,3)21-13-9-6-8-12(19-13)20-10-5-4-7-11(20)15(16,17)18/h8-9,11H,4-5,7,10H2,1-3H3. The molecule has 1 fully saturated rings. The normalized spacial score (nSPS) is 20.5. The number of rotatable bonds is 2. The molecule has 1 atom stereocenters. The van der Waals surface area contributed by atoms with E-state index in [1.165, 1.54) is 11.0 Å². The summed E-state index contributed by atoms with van der Waals surface area (Å²) in [5.74, 6) is 0.574. The van der Waals surface area contributed by atoms with Gasteiger partial charge in [0.25, 0.3) is 0 Å². The second-order valence-corrected chi connectivity index (χ2v) is 6.22. The van der Waals surface area contributed by atoms with Gasteiger partial charge >= 0.3 is 6.18 Å². The molecule has 1 aromatic heterocycles. The molecule has 1 aliphatic heterocycles. The summed E-state index contributed by atoms with van der Waals surface area (Å²) >= 11 is 0. The van der Waals surface area contributed by atoms with Crippen LogP contribution in [0.3, 0.4) is 0 Å². The van der Waals surface area contributed by atoms with Crippen LogP contribution in [-0.2, 0) is 0 Å². The van der Waals surface area contributed by atoms with Gasteiger partial charge in [0, 0.05) is 12.6 Å². The van der Waals surface area contributed by atoms with Crippen LogP contribution < -0.4 is 9.64 Å². The summed E-state index contributed by atoms with van der Waals surface area (Å²) < 4.78 is 45.0. The van der Waals surface area contributed by atoms with Gasteiger partial charge in [-0.25, -0.2) is 0 Å². The first-order valence-corrected chi connectivity index (χ1v) is 7.07. The van der Waals surface area contributed by atoms with Crippen molar-refractivity contribution in [1.29, 1.82) is 0 Å². The number of alkyl halides is 3. The summed E-state index contributed by atoms with van der Waals surface area (Å²) in [5, 5.41) is 0. The maximum Gasteiger partial charge on any atom is 0.408 e. The number of halogens is 3. The first-order chi connectivity index (χ1) is 9.67. The van der Waals surface area contributed by atoms with Gasteiger partial charge in [0.2, 0.25) is 5.88 Å². The zero-order chi connectivity index (χ0) is 15.7. The van der Waals surface area contributed by atoms with Crippen molar-refractivity contribution in [2.45, 2.75) is 57.9 Å². The molecule has 117 valence electrons. The minimum atomic E-state index is -4.25. The quantitative estimate of drug-likeness (QED) is 0.826. The number of ether oxygens (including phenoxy) is 1. The van der Waals surface area contributed by atoms with Gasteiger partial charge in [-0.1, -0.05) is 0 Å². The second-order valence-electron chi connectivity index (χ2n) is 6.22. The van der Waals surface area contributed by atoms with Gasteiger partial charge in [-0.3, -0.25) is 0 Å². The maximum absolute atomic E-state index is 13.1. The number of hydrogen-bond acceptors (Lipinski definition) is 3. The number of piperidine rings is 1. The van der Waals surface area contributed by atoms with Crippen LogP contribution in [0.5, 0.6) is 5.88 Å². The lowest BCUT2D eigenvalue weighted by Gasteiger charge is -2.37. The zero-order valence-electron chi connectivity index (χ0n) is 12.5. The smallest absolute Gasteiger partial charge is 0.408 e. The molecule has 0 bridgehead atoms. The molecular formula is C15H20F3N2O. The maximum atomic E-state index is 13.1. The van der Waals surface area contributed by atoms with E-state index in [0.717, 1.165) is 6.42 Å². The van der Waals surface area contributed by atoms with E-state index in [9.17, 15) is 13.2 Å². The lowest BCUT2D eigenvalue weighted by atomic mass is 10.0. The largest absolute Gasteiger partial charge is 0.472 e. The van der Waals surface area contributed by atoms with Crippen LogP contribution in [0.1, 0.15) is 40.0 Å². The van der Waals surface area contributed by atoms with Crippen LogP contribution in [0.2, 0.25) is 0 Å². The van der Waals surface area contributed by atoms with Crippen LogP contribution in [0.4, 0.5) is 19.0 Å². The van der Waals surface area contributed by atoms with Crippen LogP contribution in [0, 0.1) is 6.07 Å². The Morgan fingerprint density at radius 1 is 1.24 bits per heavy atom. The van der Waals surface area contributed by atoms with E-state index in [1.807, 2.05) is 20.8 Å². The average molecular weight is 301 g/mol. The number of nitrogens with zero attached hydrogens (tertiary/aromatic N) is 2. The minimum Gasteiger partial charge on any atom is -0.472 e. The Kier molecular flexibility index (Phi) is 4.35. The van der Waals surface area contributed by atoms with Crippen molar-refractivity contribution in [2.75, 3.05) is 11.4 Å². The molecule has 1 saturated heterocycles. The zero-order valence-corrected chi connectivity index (χ0v) is 12.5. The summed E-state index contributed by atoms with van der Waals surface area (Å²) in [6.45, 7) is 5.94. The molecule has 0 N–H and O–H groups in total. The number of pyridine rings is 1. The third-order valence-electron chi connectivity index (χ3n) is 3.23. The van der Waals surface area contributed by atoms with Gasteiger partial charge in [0.1, 0.15) is 17.5 Å². The third kappa shape index (κ3) is 4.25. The van der Waals surface area contributed by atoms with Gasteiger partial charge in [-0.15, -0.1) is 0 Å². The van der Waals surface area contributed by atoms with Crippen molar-refractivity contribution >= 4 is 5.82 Å². The highest BCUT2D eigenvalue weighted by Gasteiger charge is 2.45. The Balaban J connectivity index is 2.25. The molecule has 21 heavy (non-hydrogen) atoms. The van der Waals surface area contributed by atoms with E-state index in [2.05, 4.69) is 11.1 Å². The summed E-state index contributed by atoms with van der Waals surface area (Å²) in [5.41, 5.74) is -0.454. The molecule has 0 amide bonds. The Bertz CT molecular complexity index is 483. The van der Waals surface area contributed by atoms with E-state index in [4.69, 9.17) is 4.74 Å². The van der Waals surface area contributed by atoms with Crippen LogP contribution in [0.15, 0.2) is 12.1 Å². The Morgan fingerprint density at radius 3 is 2.57 bits per heavy atom. The molecule has 0 aliphatic carbocycles. The number of anilines is 1. The van der Waals surface area contributed by atoms with Gasteiger partial charge in [-0.05, 0) is 52.2 Å². The topological polar surface area (TPSA) is 25.4 Å². The summed E-state index contributed by atoms with van der Waals surface area (Å²) in [4.78, 5) is 5.53. The fourth-order valence-electron chi connectivity index (χ4n) is 2.42. The lowest BCUT2D eigenvalue weighted by molar-refractivity contribution is -0.152. The SMILES string of the molecule is CC(C)(C)Oc1c[c]cc(N2CCCCC2C(F)(F)F)n1. The second kappa shape index (κ2) is 5.73. The molecular weight excluding hydrogens is 281 g/mol. The molecule has 0 aromatic carbocycles. The first kappa shape index (κ1) is 15.9. The number of aromatic nitrogens is 1. The Labute approximate surface area is 123 Å². The van der Waals surface area contributed by atoms with Crippen LogP contribution >= 0.6 is 0 Å². The summed E-state index contributed by atoms with van der Waals surface area (Å²) in [7, 11) is 0. The van der Waals surface area contributed by atoms with E-state index in [0.29, 0.717) is 18.8 Å². The molecule has 2 heterocycles. The third-order valence-corrected chi connectivity index (χ3v) is 3.23. The van der Waals surface area contributed by atoms with Crippen molar-refractivity contribution in [3.63, 3.8) is 0 Å². The van der Waals surface area contributed by atoms with Crippen molar-refractivity contribution in [3.8, 4) is 5.88 Å². The van der Waals surface area contributed by atoms with E-state index in [1.54, 1.807) is 6.07 Å². The highest BCUT2D eigenvalue weighted by molar-refractivity contribution is 5.42. The molecule has 2 rings (SSSR count). The van der Waals surface area contributed by atoms with E-state index in [-0.39, 0.29) is 12.2 Å².